The van der Waals surface area contributed by atoms with Crippen LogP contribution in [-0.2, 0) is 5.41 Å². The van der Waals surface area contributed by atoms with Crippen molar-refractivity contribution < 1.29 is 4.74 Å². The average Bonchev–Trinajstić information content (AvgIpc) is 2.45. The van der Waals surface area contributed by atoms with Gasteiger partial charge in [0.05, 0.1) is 12.5 Å². The number of halogens is 2. The SMILES string of the molecule is COc1ccc(Cl)cc1C(Cl)c1ccccc1C(C)(C)C. The van der Waals surface area contributed by atoms with Crippen molar-refractivity contribution in [2.45, 2.75) is 31.6 Å². The van der Waals surface area contributed by atoms with Crippen molar-refractivity contribution in [3.8, 4) is 5.75 Å². The van der Waals surface area contributed by atoms with Gasteiger partial charge in [0.25, 0.3) is 0 Å². The molecule has 1 nitrogen and oxygen atoms in total. The molecular weight excluding hydrogens is 303 g/mol. The zero-order valence-corrected chi connectivity index (χ0v) is 14.3. The Morgan fingerprint density at radius 2 is 1.67 bits per heavy atom. The van der Waals surface area contributed by atoms with E-state index in [1.807, 2.05) is 30.3 Å². The summed E-state index contributed by atoms with van der Waals surface area (Å²) in [5, 5.41) is 0.360. The molecule has 0 aliphatic rings. The summed E-state index contributed by atoms with van der Waals surface area (Å²) in [7, 11) is 1.64. The third kappa shape index (κ3) is 3.53. The first-order valence-electron chi connectivity index (χ1n) is 6.91. The predicted octanol–water partition coefficient (Wildman–Crippen LogP) is 5.97. The van der Waals surface area contributed by atoms with Crippen molar-refractivity contribution in [1.29, 1.82) is 0 Å². The van der Waals surface area contributed by atoms with Gasteiger partial charge in [-0.25, -0.2) is 0 Å². The molecule has 0 saturated carbocycles. The molecule has 2 aromatic carbocycles. The molecule has 112 valence electrons. The van der Waals surface area contributed by atoms with Gasteiger partial charge in [-0.05, 0) is 34.7 Å². The number of ether oxygens (including phenoxy) is 1. The molecule has 0 amide bonds. The Morgan fingerprint density at radius 1 is 1.00 bits per heavy atom. The van der Waals surface area contributed by atoms with E-state index in [0.29, 0.717) is 5.02 Å². The molecule has 0 N–H and O–H groups in total. The monoisotopic (exact) mass is 322 g/mol. The van der Waals surface area contributed by atoms with Crippen LogP contribution < -0.4 is 4.74 Å². The van der Waals surface area contributed by atoms with Crippen LogP contribution in [0.25, 0.3) is 0 Å². The minimum atomic E-state index is -0.297. The molecule has 0 spiro atoms. The lowest BCUT2D eigenvalue weighted by Crippen LogP contribution is -2.15. The van der Waals surface area contributed by atoms with E-state index in [1.54, 1.807) is 7.11 Å². The van der Waals surface area contributed by atoms with Gasteiger partial charge in [0, 0.05) is 10.6 Å². The van der Waals surface area contributed by atoms with Crippen molar-refractivity contribution in [3.63, 3.8) is 0 Å². The van der Waals surface area contributed by atoms with Gasteiger partial charge < -0.3 is 4.74 Å². The lowest BCUT2D eigenvalue weighted by molar-refractivity contribution is 0.410. The normalized spacial score (nSPS) is 13.0. The van der Waals surface area contributed by atoms with Crippen LogP contribution in [0.1, 0.15) is 42.8 Å². The average molecular weight is 323 g/mol. The maximum atomic E-state index is 6.76. The Morgan fingerprint density at radius 3 is 2.29 bits per heavy atom. The number of methoxy groups -OCH3 is 1. The summed E-state index contributed by atoms with van der Waals surface area (Å²) in [5.41, 5.74) is 3.23. The summed E-state index contributed by atoms with van der Waals surface area (Å²) < 4.78 is 5.43. The van der Waals surface area contributed by atoms with Crippen molar-refractivity contribution in [3.05, 3.63) is 64.2 Å². The van der Waals surface area contributed by atoms with Gasteiger partial charge in [-0.1, -0.05) is 56.6 Å². The third-order valence-electron chi connectivity index (χ3n) is 3.51. The standard InChI is InChI=1S/C18H20Cl2O/c1-18(2,3)15-8-6-5-7-13(15)17(20)14-11-12(19)9-10-16(14)21-4/h5-11,17H,1-4H3. The summed E-state index contributed by atoms with van der Waals surface area (Å²) in [5.74, 6) is 0.753. The van der Waals surface area contributed by atoms with Crippen molar-refractivity contribution >= 4 is 23.2 Å². The molecular formula is C18H20Cl2O. The quantitative estimate of drug-likeness (QED) is 0.632. The Labute approximate surface area is 136 Å². The summed E-state index contributed by atoms with van der Waals surface area (Å²) in [6.45, 7) is 6.56. The van der Waals surface area contributed by atoms with Gasteiger partial charge in [-0.15, -0.1) is 11.6 Å². The van der Waals surface area contributed by atoms with Gasteiger partial charge in [0.1, 0.15) is 5.75 Å². The largest absolute Gasteiger partial charge is 0.496 e. The van der Waals surface area contributed by atoms with E-state index in [-0.39, 0.29) is 10.8 Å². The van der Waals surface area contributed by atoms with Crippen LogP contribution in [0, 0.1) is 0 Å². The van der Waals surface area contributed by atoms with Crippen LogP contribution in [0.3, 0.4) is 0 Å². The molecule has 1 atom stereocenters. The lowest BCUT2D eigenvalue weighted by atomic mass is 9.82. The Bertz CT molecular complexity index is 629. The molecule has 0 radical (unpaired) electrons. The molecule has 0 aromatic heterocycles. The van der Waals surface area contributed by atoms with E-state index >= 15 is 0 Å². The minimum Gasteiger partial charge on any atom is -0.496 e. The molecule has 0 heterocycles. The maximum Gasteiger partial charge on any atom is 0.123 e. The molecule has 2 rings (SSSR count). The highest BCUT2D eigenvalue weighted by Crippen LogP contribution is 2.40. The van der Waals surface area contributed by atoms with E-state index in [1.165, 1.54) is 5.56 Å². The van der Waals surface area contributed by atoms with Gasteiger partial charge in [0.15, 0.2) is 0 Å². The fourth-order valence-corrected chi connectivity index (χ4v) is 3.01. The Balaban J connectivity index is 2.56. The molecule has 1 unspecified atom stereocenters. The number of rotatable bonds is 3. The second-order valence-corrected chi connectivity index (χ2v) is 6.96. The van der Waals surface area contributed by atoms with Crippen LogP contribution in [0.4, 0.5) is 0 Å². The van der Waals surface area contributed by atoms with Crippen molar-refractivity contribution in [1.82, 2.24) is 0 Å². The first-order valence-corrected chi connectivity index (χ1v) is 7.73. The van der Waals surface area contributed by atoms with Gasteiger partial charge in [-0.3, -0.25) is 0 Å². The summed E-state index contributed by atoms with van der Waals surface area (Å²) >= 11 is 12.9. The molecule has 3 heteroatoms. The van der Waals surface area contributed by atoms with E-state index in [2.05, 4.69) is 32.9 Å². The number of alkyl halides is 1. The lowest BCUT2D eigenvalue weighted by Gasteiger charge is -2.26. The van der Waals surface area contributed by atoms with E-state index in [4.69, 9.17) is 27.9 Å². The highest BCUT2D eigenvalue weighted by Gasteiger charge is 2.24. The molecule has 0 fully saturated rings. The first-order chi connectivity index (χ1) is 9.84. The minimum absolute atomic E-state index is 0.0234. The van der Waals surface area contributed by atoms with Crippen LogP contribution in [-0.4, -0.2) is 7.11 Å². The smallest absolute Gasteiger partial charge is 0.123 e. The second kappa shape index (κ2) is 6.29. The van der Waals surface area contributed by atoms with Crippen LogP contribution in [0.15, 0.2) is 42.5 Å². The molecule has 0 aliphatic carbocycles. The van der Waals surface area contributed by atoms with Gasteiger partial charge in [-0.2, -0.15) is 0 Å². The number of benzene rings is 2. The fourth-order valence-electron chi connectivity index (χ4n) is 2.47. The van der Waals surface area contributed by atoms with E-state index in [0.717, 1.165) is 16.9 Å². The highest BCUT2D eigenvalue weighted by molar-refractivity contribution is 6.31. The molecule has 0 bridgehead atoms. The molecule has 2 aromatic rings. The summed E-state index contributed by atoms with van der Waals surface area (Å²) in [4.78, 5) is 0. The Kier molecular flexibility index (Phi) is 4.85. The van der Waals surface area contributed by atoms with E-state index < -0.39 is 0 Å². The topological polar surface area (TPSA) is 9.23 Å². The van der Waals surface area contributed by atoms with Gasteiger partial charge >= 0.3 is 0 Å². The summed E-state index contributed by atoms with van der Waals surface area (Å²) in [6, 6.07) is 13.8. The van der Waals surface area contributed by atoms with Crippen molar-refractivity contribution in [2.75, 3.05) is 7.11 Å². The van der Waals surface area contributed by atoms with E-state index in [9.17, 15) is 0 Å². The van der Waals surface area contributed by atoms with Crippen LogP contribution in [0.5, 0.6) is 5.75 Å². The first kappa shape index (κ1) is 16.2. The van der Waals surface area contributed by atoms with Crippen molar-refractivity contribution in [2.24, 2.45) is 0 Å². The van der Waals surface area contributed by atoms with Gasteiger partial charge in [0.2, 0.25) is 0 Å². The highest BCUT2D eigenvalue weighted by atomic mass is 35.5. The van der Waals surface area contributed by atoms with Crippen LogP contribution >= 0.6 is 23.2 Å². The molecule has 21 heavy (non-hydrogen) atoms. The maximum absolute atomic E-state index is 6.76. The third-order valence-corrected chi connectivity index (χ3v) is 4.21. The zero-order valence-electron chi connectivity index (χ0n) is 12.8. The number of hydrogen-bond donors (Lipinski definition) is 0. The molecule has 0 saturated heterocycles. The predicted molar refractivity (Wildman–Crippen MR) is 90.8 cm³/mol. The molecule has 0 aliphatic heterocycles. The zero-order chi connectivity index (χ0) is 15.6. The second-order valence-electron chi connectivity index (χ2n) is 6.09. The fraction of sp³-hybridized carbons (Fsp3) is 0.333. The van der Waals surface area contributed by atoms with Crippen LogP contribution in [0.2, 0.25) is 5.02 Å². The number of hydrogen-bond acceptors (Lipinski definition) is 1. The Hall–Kier alpha value is -1.18. The summed E-state index contributed by atoms with van der Waals surface area (Å²) in [6.07, 6.45) is 0.